The average molecular weight is 498 g/mol. The van der Waals surface area contributed by atoms with E-state index in [0.717, 1.165) is 12.1 Å². The van der Waals surface area contributed by atoms with Gasteiger partial charge in [0.15, 0.2) is 11.0 Å². The van der Waals surface area contributed by atoms with Gasteiger partial charge in [-0.3, -0.25) is 4.72 Å². The Morgan fingerprint density at radius 2 is 1.53 bits per heavy atom. The standard InChI is InChI=1S/C17H10Cl3F3N4O2S/c18-13-14(19)25-16(20)26-15(13)24-10-2-1-3-11(8-10)27-30(28,29)12-6-4-9(5-7-12)17(21,22)23/h1-8,27H,(H,24,25,26). The minimum Gasteiger partial charge on any atom is -0.339 e. The number of alkyl halides is 3. The summed E-state index contributed by atoms with van der Waals surface area (Å²) in [4.78, 5) is 7.26. The zero-order chi connectivity index (χ0) is 22.1. The lowest BCUT2D eigenvalue weighted by Gasteiger charge is -2.12. The quantitative estimate of drug-likeness (QED) is 0.334. The van der Waals surface area contributed by atoms with Crippen LogP contribution >= 0.6 is 34.8 Å². The summed E-state index contributed by atoms with van der Waals surface area (Å²) in [6.45, 7) is 0. The predicted octanol–water partition coefficient (Wildman–Crippen LogP) is 6.00. The number of rotatable bonds is 5. The summed E-state index contributed by atoms with van der Waals surface area (Å²) in [5.41, 5.74) is -0.427. The molecule has 0 fully saturated rings. The monoisotopic (exact) mass is 496 g/mol. The van der Waals surface area contributed by atoms with Crippen molar-refractivity contribution in [2.24, 2.45) is 0 Å². The zero-order valence-electron chi connectivity index (χ0n) is 14.5. The molecule has 0 aliphatic carbocycles. The summed E-state index contributed by atoms with van der Waals surface area (Å²) in [6.07, 6.45) is -4.57. The Morgan fingerprint density at radius 1 is 0.900 bits per heavy atom. The summed E-state index contributed by atoms with van der Waals surface area (Å²) in [7, 11) is -4.13. The summed E-state index contributed by atoms with van der Waals surface area (Å²) in [5.74, 6) is 0.101. The molecule has 0 spiro atoms. The molecule has 30 heavy (non-hydrogen) atoms. The van der Waals surface area contributed by atoms with Gasteiger partial charge in [0.2, 0.25) is 5.28 Å². The Hall–Kier alpha value is -2.27. The van der Waals surface area contributed by atoms with Crippen LogP contribution in [-0.4, -0.2) is 18.4 Å². The molecule has 0 unspecified atom stereocenters. The summed E-state index contributed by atoms with van der Waals surface area (Å²) in [5, 5.41) is 2.62. The maximum Gasteiger partial charge on any atom is 0.416 e. The molecule has 158 valence electrons. The first-order valence-corrected chi connectivity index (χ1v) is 10.5. The fourth-order valence-electron chi connectivity index (χ4n) is 2.31. The van der Waals surface area contributed by atoms with E-state index in [4.69, 9.17) is 34.8 Å². The van der Waals surface area contributed by atoms with Gasteiger partial charge in [-0.05, 0) is 54.1 Å². The molecule has 0 amide bonds. The largest absolute Gasteiger partial charge is 0.416 e. The summed E-state index contributed by atoms with van der Waals surface area (Å²) in [6, 6.07) is 9.13. The first-order valence-electron chi connectivity index (χ1n) is 7.91. The van der Waals surface area contributed by atoms with Crippen LogP contribution in [0.15, 0.2) is 53.4 Å². The van der Waals surface area contributed by atoms with Gasteiger partial charge in [-0.15, -0.1) is 0 Å². The molecule has 0 saturated carbocycles. The van der Waals surface area contributed by atoms with E-state index >= 15 is 0 Å². The van der Waals surface area contributed by atoms with Crippen molar-refractivity contribution >= 4 is 62.0 Å². The van der Waals surface area contributed by atoms with Crippen molar-refractivity contribution in [1.29, 1.82) is 0 Å². The molecule has 13 heteroatoms. The third-order valence-electron chi connectivity index (χ3n) is 3.65. The second-order valence-electron chi connectivity index (χ2n) is 5.78. The number of nitrogens with zero attached hydrogens (tertiary/aromatic N) is 2. The zero-order valence-corrected chi connectivity index (χ0v) is 17.6. The molecule has 3 rings (SSSR count). The molecule has 2 N–H and O–H groups in total. The summed E-state index contributed by atoms with van der Waals surface area (Å²) >= 11 is 17.6. The third kappa shape index (κ3) is 5.25. The number of halogens is 6. The van der Waals surface area contributed by atoms with Crippen molar-refractivity contribution in [2.75, 3.05) is 10.0 Å². The Bertz CT molecular complexity index is 1190. The molecule has 1 aromatic heterocycles. The number of hydrogen-bond donors (Lipinski definition) is 2. The lowest BCUT2D eigenvalue weighted by molar-refractivity contribution is -0.137. The van der Waals surface area contributed by atoms with Gasteiger partial charge >= 0.3 is 6.18 Å². The fourth-order valence-corrected chi connectivity index (χ4v) is 3.87. The fraction of sp³-hybridized carbons (Fsp3) is 0.0588. The molecule has 3 aromatic rings. The predicted molar refractivity (Wildman–Crippen MR) is 109 cm³/mol. The van der Waals surface area contributed by atoms with Gasteiger partial charge < -0.3 is 5.32 Å². The highest BCUT2D eigenvalue weighted by Gasteiger charge is 2.30. The molecule has 1 heterocycles. The van der Waals surface area contributed by atoms with Crippen LogP contribution in [0.5, 0.6) is 0 Å². The molecule has 0 aliphatic heterocycles. The van der Waals surface area contributed by atoms with Gasteiger partial charge in [0, 0.05) is 5.69 Å². The topological polar surface area (TPSA) is 84.0 Å². The lowest BCUT2D eigenvalue weighted by Crippen LogP contribution is -2.13. The van der Waals surface area contributed by atoms with E-state index in [2.05, 4.69) is 20.0 Å². The summed E-state index contributed by atoms with van der Waals surface area (Å²) < 4.78 is 65.2. The van der Waals surface area contributed by atoms with Crippen molar-refractivity contribution in [3.05, 3.63) is 69.6 Å². The number of anilines is 3. The highest BCUT2D eigenvalue weighted by molar-refractivity contribution is 7.92. The van der Waals surface area contributed by atoms with E-state index in [9.17, 15) is 21.6 Å². The van der Waals surface area contributed by atoms with Gasteiger partial charge in [0.25, 0.3) is 10.0 Å². The van der Waals surface area contributed by atoms with E-state index in [0.29, 0.717) is 17.8 Å². The van der Waals surface area contributed by atoms with Gasteiger partial charge in [0.05, 0.1) is 16.1 Å². The molecule has 0 bridgehead atoms. The molecular weight excluding hydrogens is 488 g/mol. The Balaban J connectivity index is 1.83. The van der Waals surface area contributed by atoms with E-state index < -0.39 is 21.8 Å². The van der Waals surface area contributed by atoms with Gasteiger partial charge in [0.1, 0.15) is 5.02 Å². The minimum atomic E-state index is -4.57. The van der Waals surface area contributed by atoms with E-state index in [-0.39, 0.29) is 31.9 Å². The maximum atomic E-state index is 12.7. The van der Waals surface area contributed by atoms with Crippen molar-refractivity contribution < 1.29 is 21.6 Å². The van der Waals surface area contributed by atoms with Crippen LogP contribution in [0.1, 0.15) is 5.56 Å². The lowest BCUT2D eigenvalue weighted by atomic mass is 10.2. The van der Waals surface area contributed by atoms with Crippen LogP contribution < -0.4 is 10.0 Å². The van der Waals surface area contributed by atoms with Crippen LogP contribution in [0.25, 0.3) is 0 Å². The number of hydrogen-bond acceptors (Lipinski definition) is 5. The van der Waals surface area contributed by atoms with Crippen molar-refractivity contribution in [2.45, 2.75) is 11.1 Å². The van der Waals surface area contributed by atoms with E-state index in [1.165, 1.54) is 18.2 Å². The van der Waals surface area contributed by atoms with Crippen LogP contribution in [0.3, 0.4) is 0 Å². The van der Waals surface area contributed by atoms with Crippen LogP contribution in [0, 0.1) is 0 Å². The molecule has 6 nitrogen and oxygen atoms in total. The maximum absolute atomic E-state index is 12.7. The second-order valence-corrected chi connectivity index (χ2v) is 8.54. The number of aromatic nitrogens is 2. The molecule has 2 aromatic carbocycles. The second kappa shape index (κ2) is 8.46. The first kappa shape index (κ1) is 22.4. The first-order chi connectivity index (χ1) is 14.0. The van der Waals surface area contributed by atoms with Crippen LogP contribution in [0.2, 0.25) is 15.5 Å². The van der Waals surface area contributed by atoms with Crippen LogP contribution in [0.4, 0.5) is 30.4 Å². The van der Waals surface area contributed by atoms with Gasteiger partial charge in [-0.1, -0.05) is 29.3 Å². The molecular formula is C17H10Cl3F3N4O2S. The number of nitrogens with one attached hydrogen (secondary N) is 2. The SMILES string of the molecule is O=S(=O)(Nc1cccc(Nc2nc(Cl)nc(Cl)c2Cl)c1)c1ccc(C(F)(F)F)cc1. The van der Waals surface area contributed by atoms with Crippen LogP contribution in [-0.2, 0) is 16.2 Å². The van der Waals surface area contributed by atoms with Gasteiger partial charge in [-0.2, -0.15) is 18.2 Å². The molecule has 0 atom stereocenters. The molecule has 0 radical (unpaired) electrons. The number of benzene rings is 2. The Morgan fingerprint density at radius 3 is 2.17 bits per heavy atom. The van der Waals surface area contributed by atoms with Crippen molar-refractivity contribution in [3.8, 4) is 0 Å². The smallest absolute Gasteiger partial charge is 0.339 e. The minimum absolute atomic E-state index is 0.0109. The van der Waals surface area contributed by atoms with E-state index in [1.54, 1.807) is 6.07 Å². The highest BCUT2D eigenvalue weighted by Crippen LogP contribution is 2.32. The average Bonchev–Trinajstić information content (AvgIpc) is 2.65. The van der Waals surface area contributed by atoms with Gasteiger partial charge in [-0.25, -0.2) is 13.4 Å². The van der Waals surface area contributed by atoms with Crippen molar-refractivity contribution in [3.63, 3.8) is 0 Å². The molecule has 0 saturated heterocycles. The Labute approximate surface area is 184 Å². The Kier molecular flexibility index (Phi) is 6.32. The highest BCUT2D eigenvalue weighted by atomic mass is 35.5. The normalized spacial score (nSPS) is 11.9. The molecule has 0 aliphatic rings. The number of sulfonamides is 1. The van der Waals surface area contributed by atoms with Crippen molar-refractivity contribution in [1.82, 2.24) is 9.97 Å². The third-order valence-corrected chi connectivity index (χ3v) is 5.95. The van der Waals surface area contributed by atoms with E-state index in [1.807, 2.05) is 0 Å².